The number of nitrogens with zero attached hydrogens (tertiary/aromatic N) is 2. The number of halogens is 3. The van der Waals surface area contributed by atoms with Gasteiger partial charge in [0.25, 0.3) is 0 Å². The third-order valence-electron chi connectivity index (χ3n) is 5.54. The summed E-state index contributed by atoms with van der Waals surface area (Å²) in [7, 11) is 0. The molecule has 0 fully saturated rings. The van der Waals surface area contributed by atoms with Crippen LogP contribution < -0.4 is 4.74 Å². The van der Waals surface area contributed by atoms with Crippen molar-refractivity contribution in [3.8, 4) is 17.0 Å². The van der Waals surface area contributed by atoms with E-state index in [1.54, 1.807) is 18.3 Å². The normalized spacial score (nSPS) is 16.8. The summed E-state index contributed by atoms with van der Waals surface area (Å²) in [5.74, 6) is -1.17. The van der Waals surface area contributed by atoms with Gasteiger partial charge in [0.2, 0.25) is 5.88 Å². The lowest BCUT2D eigenvalue weighted by atomic mass is 9.99. The average Bonchev–Trinajstić information content (AvgIpc) is 3.23. The highest BCUT2D eigenvalue weighted by atomic mass is 19.1. The van der Waals surface area contributed by atoms with E-state index in [1.165, 1.54) is 24.3 Å². The van der Waals surface area contributed by atoms with Crippen molar-refractivity contribution >= 4 is 5.71 Å². The van der Waals surface area contributed by atoms with Gasteiger partial charge in [0.05, 0.1) is 17.7 Å². The van der Waals surface area contributed by atoms with Crippen molar-refractivity contribution in [1.82, 2.24) is 4.98 Å². The minimum absolute atomic E-state index is 0.0739. The predicted molar refractivity (Wildman–Crippen MR) is 115 cm³/mol. The Morgan fingerprint density at radius 1 is 1.00 bits per heavy atom. The molecule has 0 bridgehead atoms. The number of rotatable bonds is 6. The highest BCUT2D eigenvalue weighted by Gasteiger charge is 2.26. The lowest BCUT2D eigenvalue weighted by Gasteiger charge is -2.12. The molecule has 6 heteroatoms. The first-order chi connectivity index (χ1) is 15.0. The zero-order chi connectivity index (χ0) is 22.0. The van der Waals surface area contributed by atoms with Crippen LogP contribution in [0.25, 0.3) is 11.1 Å². The van der Waals surface area contributed by atoms with Crippen LogP contribution in [0.3, 0.4) is 0 Å². The Balaban J connectivity index is 1.55. The second kappa shape index (κ2) is 8.92. The highest BCUT2D eigenvalue weighted by molar-refractivity contribution is 6.02. The predicted octanol–water partition coefficient (Wildman–Crippen LogP) is 6.67. The highest BCUT2D eigenvalue weighted by Crippen LogP contribution is 2.35. The maximum absolute atomic E-state index is 14.9. The van der Waals surface area contributed by atoms with Gasteiger partial charge in [-0.15, -0.1) is 0 Å². The molecule has 3 aromatic rings. The van der Waals surface area contributed by atoms with Gasteiger partial charge in [-0.1, -0.05) is 25.1 Å². The molecule has 4 rings (SSSR count). The Morgan fingerprint density at radius 2 is 1.74 bits per heavy atom. The van der Waals surface area contributed by atoms with Gasteiger partial charge >= 0.3 is 0 Å². The summed E-state index contributed by atoms with van der Waals surface area (Å²) < 4.78 is 48.7. The van der Waals surface area contributed by atoms with Gasteiger partial charge in [-0.25, -0.2) is 18.2 Å². The van der Waals surface area contributed by atoms with E-state index < -0.39 is 23.5 Å². The molecular formula is C25H23F3N2O. The third kappa shape index (κ3) is 4.48. The summed E-state index contributed by atoms with van der Waals surface area (Å²) >= 11 is 0. The summed E-state index contributed by atoms with van der Waals surface area (Å²) in [6.07, 6.45) is 3.50. The van der Waals surface area contributed by atoms with Crippen LogP contribution in [0.15, 0.2) is 59.7 Å². The van der Waals surface area contributed by atoms with Gasteiger partial charge in [0.1, 0.15) is 17.5 Å². The Bertz CT molecular complexity index is 1090. The maximum atomic E-state index is 14.9. The Hall–Kier alpha value is -3.15. The van der Waals surface area contributed by atoms with Crippen molar-refractivity contribution in [3.63, 3.8) is 0 Å². The maximum Gasteiger partial charge on any atom is 0.213 e. The van der Waals surface area contributed by atoms with Crippen molar-refractivity contribution in [3.05, 3.63) is 83.3 Å². The number of aliphatic imine (C=N–C) groups is 1. The fraction of sp³-hybridized carbons (Fsp3) is 0.280. The third-order valence-corrected chi connectivity index (χ3v) is 5.54. The molecule has 0 aliphatic carbocycles. The van der Waals surface area contributed by atoms with Gasteiger partial charge in [-0.3, -0.25) is 4.99 Å². The van der Waals surface area contributed by atoms with E-state index >= 15 is 0 Å². The van der Waals surface area contributed by atoms with Crippen molar-refractivity contribution < 1.29 is 17.9 Å². The van der Waals surface area contributed by atoms with E-state index in [2.05, 4.69) is 9.98 Å². The summed E-state index contributed by atoms with van der Waals surface area (Å²) in [5.41, 5.74) is 2.09. The molecule has 1 aliphatic rings. The largest absolute Gasteiger partial charge is 0.475 e. The fourth-order valence-corrected chi connectivity index (χ4v) is 3.67. The molecule has 1 aromatic heterocycles. The zero-order valence-electron chi connectivity index (χ0n) is 17.4. The summed E-state index contributed by atoms with van der Waals surface area (Å²) in [5, 5.41) is 0. The molecule has 31 heavy (non-hydrogen) atoms. The van der Waals surface area contributed by atoms with Crippen molar-refractivity contribution in [2.24, 2.45) is 4.99 Å². The number of hydrogen-bond acceptors (Lipinski definition) is 3. The van der Waals surface area contributed by atoms with Gasteiger partial charge in [-0.2, -0.15) is 0 Å². The molecule has 0 saturated carbocycles. The fourth-order valence-electron chi connectivity index (χ4n) is 3.67. The SMILES string of the molecule is CCC(C)Oc1ccc(-c2ccc([C@H]3CCC(c4c(F)cccc4F)=N3)c(F)c2)cn1. The standard InChI is InChI=1S/C25H23F3N2O/c1-3-15(2)31-24-12-8-17(14-29-24)16-7-9-18(21(28)13-16)22-10-11-23(30-22)25-19(26)5-4-6-20(25)27/h4-9,12-15,22H,3,10-11H2,1-2H3/t15?,22-/m1/s1. The molecule has 1 unspecified atom stereocenters. The lowest BCUT2D eigenvalue weighted by Crippen LogP contribution is -2.10. The zero-order valence-corrected chi connectivity index (χ0v) is 17.4. The van der Waals surface area contributed by atoms with Crippen LogP contribution in [0.4, 0.5) is 13.2 Å². The van der Waals surface area contributed by atoms with Crippen LogP contribution in [0.5, 0.6) is 5.88 Å². The van der Waals surface area contributed by atoms with Gasteiger partial charge < -0.3 is 4.74 Å². The first kappa shape index (κ1) is 21.1. The Kier molecular flexibility index (Phi) is 6.07. The summed E-state index contributed by atoms with van der Waals surface area (Å²) in [6, 6.07) is 11.8. The van der Waals surface area contributed by atoms with Crippen LogP contribution >= 0.6 is 0 Å². The molecule has 0 amide bonds. The van der Waals surface area contributed by atoms with E-state index in [0.29, 0.717) is 35.6 Å². The molecule has 2 atom stereocenters. The molecular weight excluding hydrogens is 401 g/mol. The van der Waals surface area contributed by atoms with Crippen LogP contribution in [0.2, 0.25) is 0 Å². The molecule has 0 N–H and O–H groups in total. The van der Waals surface area contributed by atoms with Crippen molar-refractivity contribution in [1.29, 1.82) is 0 Å². The molecule has 0 saturated heterocycles. The average molecular weight is 424 g/mol. The minimum atomic E-state index is -0.650. The number of hydrogen-bond donors (Lipinski definition) is 0. The molecule has 0 radical (unpaired) electrons. The van der Waals surface area contributed by atoms with E-state index in [-0.39, 0.29) is 11.7 Å². The van der Waals surface area contributed by atoms with E-state index in [9.17, 15) is 13.2 Å². The molecule has 160 valence electrons. The Labute approximate surface area is 179 Å². The molecule has 2 heterocycles. The lowest BCUT2D eigenvalue weighted by molar-refractivity contribution is 0.208. The van der Waals surface area contributed by atoms with Crippen LogP contribution in [0, 0.1) is 17.5 Å². The second-order valence-corrected chi connectivity index (χ2v) is 7.69. The van der Waals surface area contributed by atoms with E-state index in [1.807, 2.05) is 26.0 Å². The number of benzene rings is 2. The van der Waals surface area contributed by atoms with Gasteiger partial charge in [0.15, 0.2) is 0 Å². The molecule has 3 nitrogen and oxygen atoms in total. The summed E-state index contributed by atoms with van der Waals surface area (Å²) in [4.78, 5) is 8.72. The quantitative estimate of drug-likeness (QED) is 0.443. The second-order valence-electron chi connectivity index (χ2n) is 7.69. The van der Waals surface area contributed by atoms with Crippen LogP contribution in [-0.2, 0) is 0 Å². The molecule has 0 spiro atoms. The van der Waals surface area contributed by atoms with Crippen molar-refractivity contribution in [2.75, 3.05) is 0 Å². The number of aromatic nitrogens is 1. The van der Waals surface area contributed by atoms with Crippen molar-refractivity contribution in [2.45, 2.75) is 45.3 Å². The first-order valence-corrected chi connectivity index (χ1v) is 10.4. The van der Waals surface area contributed by atoms with E-state index in [4.69, 9.17) is 4.74 Å². The van der Waals surface area contributed by atoms with E-state index in [0.717, 1.165) is 12.0 Å². The smallest absolute Gasteiger partial charge is 0.213 e. The molecule has 1 aliphatic heterocycles. The molecule has 2 aromatic carbocycles. The summed E-state index contributed by atoms with van der Waals surface area (Å²) in [6.45, 7) is 4.01. The Morgan fingerprint density at radius 3 is 2.39 bits per heavy atom. The number of ether oxygens (including phenoxy) is 1. The first-order valence-electron chi connectivity index (χ1n) is 10.4. The van der Waals surface area contributed by atoms with Gasteiger partial charge in [0, 0.05) is 29.1 Å². The monoisotopic (exact) mass is 424 g/mol. The van der Waals surface area contributed by atoms with Crippen LogP contribution in [0.1, 0.15) is 50.3 Å². The van der Waals surface area contributed by atoms with Gasteiger partial charge in [-0.05, 0) is 56.0 Å². The topological polar surface area (TPSA) is 34.5 Å². The minimum Gasteiger partial charge on any atom is -0.475 e. The number of pyridine rings is 1. The van der Waals surface area contributed by atoms with Crippen LogP contribution in [-0.4, -0.2) is 16.8 Å².